The van der Waals surface area contributed by atoms with E-state index in [2.05, 4.69) is 29.6 Å². The van der Waals surface area contributed by atoms with Gasteiger partial charge in [-0.1, -0.05) is 69.3 Å². The van der Waals surface area contributed by atoms with Crippen molar-refractivity contribution < 1.29 is 29.0 Å². The molecule has 2 N–H and O–H groups in total. The van der Waals surface area contributed by atoms with E-state index in [4.69, 9.17) is 9.47 Å². The third kappa shape index (κ3) is 6.82. The van der Waals surface area contributed by atoms with Crippen LogP contribution in [0, 0.1) is 5.41 Å². The molecule has 8 heteroatoms. The first kappa shape index (κ1) is 26.2. The average molecular weight is 483 g/mol. The van der Waals surface area contributed by atoms with Gasteiger partial charge in [-0.2, -0.15) is 0 Å². The summed E-state index contributed by atoms with van der Waals surface area (Å²) in [5.41, 5.74) is 4.35. The van der Waals surface area contributed by atoms with E-state index in [0.717, 1.165) is 22.3 Å². The van der Waals surface area contributed by atoms with Crippen molar-refractivity contribution in [2.45, 2.75) is 39.2 Å². The molecule has 0 heterocycles. The SMILES string of the molecule is CN(C(=O)COCCNC(=O)OCC1c2ccccc2-c2ccccc21)C(CC(C)(C)C)C(=O)O. The lowest BCUT2D eigenvalue weighted by molar-refractivity contribution is -0.152. The van der Waals surface area contributed by atoms with Crippen LogP contribution in [-0.4, -0.2) is 67.4 Å². The minimum atomic E-state index is -1.05. The van der Waals surface area contributed by atoms with Gasteiger partial charge in [-0.05, 0) is 34.1 Å². The third-order valence-corrected chi connectivity index (χ3v) is 6.04. The molecule has 0 spiro atoms. The van der Waals surface area contributed by atoms with Crippen molar-refractivity contribution in [1.29, 1.82) is 0 Å². The van der Waals surface area contributed by atoms with Crippen LogP contribution < -0.4 is 5.32 Å². The van der Waals surface area contributed by atoms with E-state index in [1.54, 1.807) is 0 Å². The first-order valence-corrected chi connectivity index (χ1v) is 11.7. The number of carbonyl (C=O) groups excluding carboxylic acids is 2. The first-order chi connectivity index (χ1) is 16.6. The summed E-state index contributed by atoms with van der Waals surface area (Å²) in [6, 6.07) is 15.3. The Hall–Kier alpha value is -3.39. The van der Waals surface area contributed by atoms with Crippen LogP contribution in [0.2, 0.25) is 0 Å². The number of rotatable bonds is 10. The molecule has 0 aliphatic heterocycles. The number of hydrogen-bond donors (Lipinski definition) is 2. The van der Waals surface area contributed by atoms with Crippen molar-refractivity contribution in [2.75, 3.05) is 33.4 Å². The van der Waals surface area contributed by atoms with Gasteiger partial charge in [0.15, 0.2) is 0 Å². The summed E-state index contributed by atoms with van der Waals surface area (Å²) in [6.45, 7) is 5.98. The lowest BCUT2D eigenvalue weighted by Crippen LogP contribution is -2.46. The standard InChI is InChI=1S/C27H34N2O6/c1-27(2,3)15-23(25(31)32)29(4)24(30)17-34-14-13-28-26(33)35-16-22-20-11-7-5-9-18(20)19-10-6-8-12-21(19)22/h5-12,22-23H,13-17H2,1-4H3,(H,28,33)(H,31,32). The van der Waals surface area contributed by atoms with Crippen molar-refractivity contribution in [3.63, 3.8) is 0 Å². The van der Waals surface area contributed by atoms with Gasteiger partial charge in [-0.3, -0.25) is 4.79 Å². The predicted octanol–water partition coefficient (Wildman–Crippen LogP) is 3.89. The molecule has 8 nitrogen and oxygen atoms in total. The predicted molar refractivity (Wildman–Crippen MR) is 132 cm³/mol. The maximum atomic E-state index is 12.3. The summed E-state index contributed by atoms with van der Waals surface area (Å²) >= 11 is 0. The Morgan fingerprint density at radius 3 is 2.14 bits per heavy atom. The van der Waals surface area contributed by atoms with Crippen molar-refractivity contribution >= 4 is 18.0 Å². The fourth-order valence-corrected chi connectivity index (χ4v) is 4.28. The van der Waals surface area contributed by atoms with E-state index in [9.17, 15) is 19.5 Å². The molecule has 0 radical (unpaired) electrons. The molecule has 3 rings (SSSR count). The maximum Gasteiger partial charge on any atom is 0.407 e. The van der Waals surface area contributed by atoms with Crippen LogP contribution in [-0.2, 0) is 19.1 Å². The molecule has 0 saturated heterocycles. The summed E-state index contributed by atoms with van der Waals surface area (Å²) < 4.78 is 10.8. The van der Waals surface area contributed by atoms with Crippen LogP contribution in [0.5, 0.6) is 0 Å². The Kier molecular flexibility index (Phi) is 8.51. The molecule has 1 aliphatic rings. The molecule has 188 valence electrons. The fourth-order valence-electron chi connectivity index (χ4n) is 4.28. The monoisotopic (exact) mass is 482 g/mol. The Morgan fingerprint density at radius 1 is 1.03 bits per heavy atom. The number of aliphatic carboxylic acids is 1. The molecule has 1 aliphatic carbocycles. The van der Waals surface area contributed by atoms with Crippen LogP contribution in [0.4, 0.5) is 4.79 Å². The summed E-state index contributed by atoms with van der Waals surface area (Å²) in [6.07, 6.45) is -0.233. The van der Waals surface area contributed by atoms with E-state index >= 15 is 0 Å². The molecule has 2 amide bonds. The quantitative estimate of drug-likeness (QED) is 0.498. The van der Waals surface area contributed by atoms with E-state index < -0.39 is 24.0 Å². The Balaban J connectivity index is 1.40. The number of carboxylic acids is 1. The number of alkyl carbamates (subject to hydrolysis) is 1. The average Bonchev–Trinajstić information content (AvgIpc) is 3.13. The topological polar surface area (TPSA) is 105 Å². The minimum absolute atomic E-state index is 0.0205. The Morgan fingerprint density at radius 2 is 1.60 bits per heavy atom. The van der Waals surface area contributed by atoms with Crippen molar-refractivity contribution in [1.82, 2.24) is 10.2 Å². The zero-order valence-corrected chi connectivity index (χ0v) is 20.7. The number of benzene rings is 2. The smallest absolute Gasteiger partial charge is 0.407 e. The maximum absolute atomic E-state index is 12.3. The van der Waals surface area contributed by atoms with Gasteiger partial charge in [-0.25, -0.2) is 9.59 Å². The Bertz CT molecular complexity index is 1020. The van der Waals surface area contributed by atoms with Gasteiger partial charge in [0, 0.05) is 19.5 Å². The molecular formula is C27H34N2O6. The van der Waals surface area contributed by atoms with E-state index in [1.165, 1.54) is 11.9 Å². The summed E-state index contributed by atoms with van der Waals surface area (Å²) in [4.78, 5) is 37.3. The molecule has 0 bridgehead atoms. The molecule has 0 saturated carbocycles. The number of nitrogens with one attached hydrogen (secondary N) is 1. The number of nitrogens with zero attached hydrogens (tertiary/aromatic N) is 1. The molecule has 1 atom stereocenters. The van der Waals surface area contributed by atoms with Gasteiger partial charge in [0.05, 0.1) is 6.61 Å². The lowest BCUT2D eigenvalue weighted by atomic mass is 9.87. The molecule has 2 aromatic carbocycles. The van der Waals surface area contributed by atoms with E-state index in [1.807, 2.05) is 45.0 Å². The number of carbonyl (C=O) groups is 3. The van der Waals surface area contributed by atoms with Crippen molar-refractivity contribution in [3.05, 3.63) is 59.7 Å². The minimum Gasteiger partial charge on any atom is -0.480 e. The number of carboxylic acid groups (broad SMARTS) is 1. The molecule has 35 heavy (non-hydrogen) atoms. The Labute approximate surface area is 206 Å². The van der Waals surface area contributed by atoms with E-state index in [0.29, 0.717) is 6.42 Å². The second-order valence-corrected chi connectivity index (χ2v) is 9.93. The summed E-state index contributed by atoms with van der Waals surface area (Å²) in [5.74, 6) is -1.50. The van der Waals surface area contributed by atoms with Gasteiger partial charge < -0.3 is 24.8 Å². The normalized spacial score (nSPS) is 13.5. The summed E-state index contributed by atoms with van der Waals surface area (Å²) in [7, 11) is 1.46. The van der Waals surface area contributed by atoms with Crippen LogP contribution in [0.15, 0.2) is 48.5 Å². The highest BCUT2D eigenvalue weighted by Gasteiger charge is 2.31. The zero-order chi connectivity index (χ0) is 25.6. The van der Waals surface area contributed by atoms with Gasteiger partial charge in [0.25, 0.3) is 0 Å². The largest absolute Gasteiger partial charge is 0.480 e. The van der Waals surface area contributed by atoms with Crippen molar-refractivity contribution in [3.8, 4) is 11.1 Å². The highest BCUT2D eigenvalue weighted by Crippen LogP contribution is 2.44. The first-order valence-electron chi connectivity index (χ1n) is 11.7. The fraction of sp³-hybridized carbons (Fsp3) is 0.444. The zero-order valence-electron chi connectivity index (χ0n) is 20.7. The van der Waals surface area contributed by atoms with Gasteiger partial charge in [-0.15, -0.1) is 0 Å². The second kappa shape index (κ2) is 11.4. The second-order valence-electron chi connectivity index (χ2n) is 9.93. The van der Waals surface area contributed by atoms with Gasteiger partial charge >= 0.3 is 12.1 Å². The molecule has 0 aromatic heterocycles. The number of amides is 2. The highest BCUT2D eigenvalue weighted by molar-refractivity contribution is 5.84. The third-order valence-electron chi connectivity index (χ3n) is 6.04. The number of likely N-dealkylation sites (N-methyl/N-ethyl adjacent to an activating group) is 1. The summed E-state index contributed by atoms with van der Waals surface area (Å²) in [5, 5.41) is 12.1. The number of fused-ring (bicyclic) bond motifs is 3. The van der Waals surface area contributed by atoms with Crippen molar-refractivity contribution in [2.24, 2.45) is 5.41 Å². The molecular weight excluding hydrogens is 448 g/mol. The van der Waals surface area contributed by atoms with Crippen LogP contribution >= 0.6 is 0 Å². The lowest BCUT2D eigenvalue weighted by Gasteiger charge is -2.30. The number of hydrogen-bond acceptors (Lipinski definition) is 5. The number of ether oxygens (including phenoxy) is 2. The highest BCUT2D eigenvalue weighted by atomic mass is 16.5. The molecule has 1 unspecified atom stereocenters. The van der Waals surface area contributed by atoms with Crippen LogP contribution in [0.1, 0.15) is 44.2 Å². The van der Waals surface area contributed by atoms with E-state index in [-0.39, 0.29) is 37.7 Å². The molecule has 0 fully saturated rings. The van der Waals surface area contributed by atoms with Crippen LogP contribution in [0.3, 0.4) is 0 Å². The van der Waals surface area contributed by atoms with Crippen LogP contribution in [0.25, 0.3) is 11.1 Å². The molecule has 2 aromatic rings. The van der Waals surface area contributed by atoms with Gasteiger partial charge in [0.2, 0.25) is 5.91 Å². The van der Waals surface area contributed by atoms with Gasteiger partial charge in [0.1, 0.15) is 19.3 Å².